The maximum Gasteiger partial charge on any atom is 0.254 e. The molecule has 1 fully saturated rings. The Balaban J connectivity index is 1.48. The fourth-order valence-electron chi connectivity index (χ4n) is 4.28. The molecule has 3 aromatic rings. The van der Waals surface area contributed by atoms with E-state index >= 15 is 0 Å². The van der Waals surface area contributed by atoms with Crippen molar-refractivity contribution in [3.8, 4) is 23.0 Å². The van der Waals surface area contributed by atoms with Gasteiger partial charge in [-0.1, -0.05) is 0 Å². The van der Waals surface area contributed by atoms with E-state index in [4.69, 9.17) is 14.5 Å². The molecule has 0 atom stereocenters. The second-order valence-corrected chi connectivity index (χ2v) is 8.30. The maximum absolute atomic E-state index is 12.8. The van der Waals surface area contributed by atoms with Gasteiger partial charge in [-0.05, 0) is 61.4 Å². The minimum absolute atomic E-state index is 0.107. The number of aryl methyl sites for hydroxylation is 2. The summed E-state index contributed by atoms with van der Waals surface area (Å²) in [6.45, 7) is 1.18. The molecular formula is C24H27N5O3. The standard InChI is InChI=1S/C24H27N5O3/c1-31-11-3-10-25-23(30)20-14-27-29(22(20)15-4-5-15)24-26-13-17-7-6-16-12-18(32-2)8-9-19(16)21(17)28-24/h8-9,12-15H,3-7,10-11H2,1-2H3,(H,25,30). The average Bonchev–Trinajstić information content (AvgIpc) is 3.58. The third kappa shape index (κ3) is 3.86. The lowest BCUT2D eigenvalue weighted by Crippen LogP contribution is -2.26. The van der Waals surface area contributed by atoms with E-state index in [9.17, 15) is 4.79 Å². The number of nitrogens with zero attached hydrogens (tertiary/aromatic N) is 4. The van der Waals surface area contributed by atoms with Gasteiger partial charge in [0.25, 0.3) is 11.9 Å². The molecule has 32 heavy (non-hydrogen) atoms. The summed E-state index contributed by atoms with van der Waals surface area (Å²) in [7, 11) is 3.34. The van der Waals surface area contributed by atoms with E-state index < -0.39 is 0 Å². The van der Waals surface area contributed by atoms with Crippen molar-refractivity contribution in [2.24, 2.45) is 0 Å². The van der Waals surface area contributed by atoms with Gasteiger partial charge in [0.15, 0.2) is 0 Å². The highest BCUT2D eigenvalue weighted by atomic mass is 16.5. The van der Waals surface area contributed by atoms with Crippen LogP contribution in [0.4, 0.5) is 0 Å². The van der Waals surface area contributed by atoms with E-state index in [-0.39, 0.29) is 5.91 Å². The van der Waals surface area contributed by atoms with Crippen molar-refractivity contribution in [3.63, 3.8) is 0 Å². The number of aromatic nitrogens is 4. The molecule has 0 bridgehead atoms. The number of carbonyl (C=O) groups excluding carboxylic acids is 1. The predicted octanol–water partition coefficient (Wildman–Crippen LogP) is 3.08. The van der Waals surface area contributed by atoms with Gasteiger partial charge in [0.05, 0.1) is 30.3 Å². The normalized spacial score (nSPS) is 14.6. The zero-order valence-corrected chi connectivity index (χ0v) is 18.4. The minimum atomic E-state index is -0.107. The Hall–Kier alpha value is -3.26. The number of methoxy groups -OCH3 is 2. The van der Waals surface area contributed by atoms with Crippen LogP contribution in [0.2, 0.25) is 0 Å². The molecule has 8 nitrogen and oxygen atoms in total. The minimum Gasteiger partial charge on any atom is -0.497 e. The van der Waals surface area contributed by atoms with Gasteiger partial charge in [0, 0.05) is 37.9 Å². The van der Waals surface area contributed by atoms with Crippen molar-refractivity contribution in [2.75, 3.05) is 27.4 Å². The van der Waals surface area contributed by atoms with Crippen molar-refractivity contribution in [2.45, 2.75) is 38.0 Å². The number of fused-ring (bicyclic) bond motifs is 3. The van der Waals surface area contributed by atoms with Crippen molar-refractivity contribution < 1.29 is 14.3 Å². The predicted molar refractivity (Wildman–Crippen MR) is 119 cm³/mol. The molecule has 0 aliphatic heterocycles. The molecule has 5 rings (SSSR count). The molecule has 1 N–H and O–H groups in total. The van der Waals surface area contributed by atoms with Crippen LogP contribution in [0.15, 0.2) is 30.6 Å². The van der Waals surface area contributed by atoms with Gasteiger partial charge >= 0.3 is 0 Å². The zero-order valence-electron chi connectivity index (χ0n) is 18.4. The van der Waals surface area contributed by atoms with Gasteiger partial charge in [-0.2, -0.15) is 5.10 Å². The van der Waals surface area contributed by atoms with Crippen LogP contribution in [0.5, 0.6) is 5.75 Å². The van der Waals surface area contributed by atoms with Gasteiger partial charge in [-0.15, -0.1) is 0 Å². The topological polar surface area (TPSA) is 91.2 Å². The van der Waals surface area contributed by atoms with Crippen molar-refractivity contribution >= 4 is 5.91 Å². The Kier molecular flexibility index (Phi) is 5.61. The third-order valence-electron chi connectivity index (χ3n) is 6.10. The maximum atomic E-state index is 12.8. The highest BCUT2D eigenvalue weighted by molar-refractivity contribution is 5.95. The van der Waals surface area contributed by atoms with Gasteiger partial charge in [-0.25, -0.2) is 14.6 Å². The highest BCUT2D eigenvalue weighted by Crippen LogP contribution is 2.42. The Morgan fingerprint density at radius 2 is 2.03 bits per heavy atom. The lowest BCUT2D eigenvalue weighted by atomic mass is 9.90. The van der Waals surface area contributed by atoms with Crippen molar-refractivity contribution in [1.29, 1.82) is 0 Å². The molecule has 2 aromatic heterocycles. The Labute approximate surface area is 187 Å². The van der Waals surface area contributed by atoms with Crippen LogP contribution in [-0.4, -0.2) is 53.0 Å². The summed E-state index contributed by atoms with van der Waals surface area (Å²) in [6.07, 6.45) is 8.22. The largest absolute Gasteiger partial charge is 0.497 e. The molecule has 2 aliphatic carbocycles. The Morgan fingerprint density at radius 1 is 1.19 bits per heavy atom. The Bertz CT molecular complexity index is 1150. The molecule has 2 aliphatic rings. The van der Waals surface area contributed by atoms with E-state index in [1.54, 1.807) is 25.1 Å². The average molecular weight is 434 g/mol. The third-order valence-corrected chi connectivity index (χ3v) is 6.10. The van der Waals surface area contributed by atoms with E-state index in [1.807, 2.05) is 12.3 Å². The first kappa shape index (κ1) is 20.6. The number of benzene rings is 1. The first-order valence-electron chi connectivity index (χ1n) is 11.1. The molecule has 2 heterocycles. The van der Waals surface area contributed by atoms with Crippen molar-refractivity contribution in [3.05, 3.63) is 53.0 Å². The first-order chi connectivity index (χ1) is 15.7. The number of hydrogen-bond acceptors (Lipinski definition) is 6. The second kappa shape index (κ2) is 8.70. The van der Waals surface area contributed by atoms with Gasteiger partial charge < -0.3 is 14.8 Å². The van der Waals surface area contributed by atoms with Crippen LogP contribution >= 0.6 is 0 Å². The lowest BCUT2D eigenvalue weighted by molar-refractivity contribution is 0.0947. The number of rotatable bonds is 8. The monoisotopic (exact) mass is 433 g/mol. The number of carbonyl (C=O) groups is 1. The number of hydrogen-bond donors (Lipinski definition) is 1. The first-order valence-corrected chi connectivity index (χ1v) is 11.1. The van der Waals surface area contributed by atoms with E-state index in [0.717, 1.165) is 60.4 Å². The summed E-state index contributed by atoms with van der Waals surface area (Å²) < 4.78 is 12.2. The molecule has 8 heteroatoms. The molecular weight excluding hydrogens is 406 g/mol. The number of ether oxygens (including phenoxy) is 2. The van der Waals surface area contributed by atoms with Crippen molar-refractivity contribution in [1.82, 2.24) is 25.1 Å². The molecule has 0 radical (unpaired) electrons. The van der Waals surface area contributed by atoms with Crippen LogP contribution in [-0.2, 0) is 17.6 Å². The van der Waals surface area contributed by atoms with Gasteiger partial charge in [0.1, 0.15) is 5.75 Å². The van der Waals surface area contributed by atoms with E-state index in [1.165, 1.54) is 5.56 Å². The quantitative estimate of drug-likeness (QED) is 0.549. The summed E-state index contributed by atoms with van der Waals surface area (Å²) in [5.74, 6) is 1.57. The fraction of sp³-hybridized carbons (Fsp3) is 0.417. The molecule has 0 spiro atoms. The smallest absolute Gasteiger partial charge is 0.254 e. The molecule has 1 aromatic carbocycles. The second-order valence-electron chi connectivity index (χ2n) is 8.30. The number of nitrogens with one attached hydrogen (secondary N) is 1. The van der Waals surface area contributed by atoms with Gasteiger partial charge in [0.2, 0.25) is 0 Å². The fourth-order valence-corrected chi connectivity index (χ4v) is 4.28. The molecule has 0 saturated heterocycles. The molecule has 1 saturated carbocycles. The van der Waals surface area contributed by atoms with E-state index in [2.05, 4.69) is 27.5 Å². The number of amides is 1. The molecule has 166 valence electrons. The Morgan fingerprint density at radius 3 is 2.81 bits per heavy atom. The summed E-state index contributed by atoms with van der Waals surface area (Å²) in [6, 6.07) is 6.10. The van der Waals surface area contributed by atoms with Crippen LogP contribution in [0.1, 0.15) is 52.4 Å². The van der Waals surface area contributed by atoms with Crippen LogP contribution in [0.25, 0.3) is 17.2 Å². The summed E-state index contributed by atoms with van der Waals surface area (Å²) in [5, 5.41) is 7.50. The lowest BCUT2D eigenvalue weighted by Gasteiger charge is -2.20. The van der Waals surface area contributed by atoms with Crippen LogP contribution in [0.3, 0.4) is 0 Å². The summed E-state index contributed by atoms with van der Waals surface area (Å²) in [5.41, 5.74) is 5.90. The highest BCUT2D eigenvalue weighted by Gasteiger charge is 2.34. The summed E-state index contributed by atoms with van der Waals surface area (Å²) >= 11 is 0. The molecule has 0 unspecified atom stereocenters. The zero-order chi connectivity index (χ0) is 22.1. The SMILES string of the molecule is COCCCNC(=O)c1cnn(-c2ncc3c(n2)-c2ccc(OC)cc2CC3)c1C1CC1. The van der Waals surface area contributed by atoms with Crippen LogP contribution < -0.4 is 10.1 Å². The van der Waals surface area contributed by atoms with E-state index in [0.29, 0.717) is 30.6 Å². The molecule has 1 amide bonds. The van der Waals surface area contributed by atoms with Gasteiger partial charge in [-0.3, -0.25) is 4.79 Å². The van der Waals surface area contributed by atoms with Crippen LogP contribution in [0, 0.1) is 0 Å². The summed E-state index contributed by atoms with van der Waals surface area (Å²) in [4.78, 5) is 22.3.